The summed E-state index contributed by atoms with van der Waals surface area (Å²) in [5.74, 6) is 1.72. The number of benzene rings is 2. The van der Waals surface area contributed by atoms with Gasteiger partial charge >= 0.3 is 0 Å². The fourth-order valence-corrected chi connectivity index (χ4v) is 2.28. The van der Waals surface area contributed by atoms with Gasteiger partial charge in [0, 0.05) is 34.9 Å². The summed E-state index contributed by atoms with van der Waals surface area (Å²) in [5.41, 5.74) is 1.88. The van der Waals surface area contributed by atoms with Crippen molar-refractivity contribution < 1.29 is 13.7 Å². The molecule has 0 aliphatic heterocycles. The highest BCUT2D eigenvalue weighted by atomic mass is 32.2. The van der Waals surface area contributed by atoms with E-state index >= 15 is 0 Å². The Morgan fingerprint density at radius 1 is 1.05 bits per heavy atom. The summed E-state index contributed by atoms with van der Waals surface area (Å²) in [5, 5.41) is 2.77. The van der Waals surface area contributed by atoms with Gasteiger partial charge in [0.15, 0.2) is 0 Å². The number of carbonyl (C=O) groups excluding carboxylic acids is 1. The van der Waals surface area contributed by atoms with Crippen molar-refractivity contribution in [3.8, 4) is 11.5 Å². The first kappa shape index (κ1) is 16.2. The number of aryl methyl sites for hydroxylation is 1. The predicted molar refractivity (Wildman–Crippen MR) is 89.9 cm³/mol. The summed E-state index contributed by atoms with van der Waals surface area (Å²) in [7, 11) is -0.953. The van der Waals surface area contributed by atoms with Gasteiger partial charge in [-0.3, -0.25) is 9.00 Å². The second-order valence-electron chi connectivity index (χ2n) is 5.01. The summed E-state index contributed by atoms with van der Waals surface area (Å²) in [6, 6.07) is 15.0. The smallest absolute Gasteiger partial charge is 0.225 e. The molecule has 1 atom stereocenters. The van der Waals surface area contributed by atoms with Gasteiger partial charge in [0.1, 0.15) is 11.5 Å². The Hall–Kier alpha value is -2.14. The molecule has 0 heterocycles. The van der Waals surface area contributed by atoms with Gasteiger partial charge in [0.2, 0.25) is 5.91 Å². The highest BCUT2D eigenvalue weighted by molar-refractivity contribution is 7.84. The molecule has 116 valence electrons. The molecule has 0 unspecified atom stereocenters. The molecule has 22 heavy (non-hydrogen) atoms. The van der Waals surface area contributed by atoms with Crippen LogP contribution in [-0.4, -0.2) is 22.1 Å². The van der Waals surface area contributed by atoms with Crippen LogP contribution in [0.5, 0.6) is 11.5 Å². The van der Waals surface area contributed by atoms with Crippen LogP contribution in [0.15, 0.2) is 48.5 Å². The third-order valence-electron chi connectivity index (χ3n) is 3.01. The Morgan fingerprint density at radius 3 is 2.14 bits per heavy atom. The van der Waals surface area contributed by atoms with E-state index in [9.17, 15) is 9.00 Å². The molecule has 1 N–H and O–H groups in total. The highest BCUT2D eigenvalue weighted by Crippen LogP contribution is 2.23. The number of nitrogens with one attached hydrogen (secondary N) is 1. The van der Waals surface area contributed by atoms with Crippen LogP contribution in [0.2, 0.25) is 0 Å². The van der Waals surface area contributed by atoms with Crippen molar-refractivity contribution in [3.05, 3.63) is 54.1 Å². The molecule has 1 amide bonds. The minimum atomic E-state index is -0.953. The van der Waals surface area contributed by atoms with Crippen molar-refractivity contribution >= 4 is 22.4 Å². The van der Waals surface area contributed by atoms with Crippen molar-refractivity contribution in [2.75, 3.05) is 17.3 Å². The van der Waals surface area contributed by atoms with E-state index in [1.54, 1.807) is 30.5 Å². The molecule has 2 rings (SSSR count). The fourth-order valence-electron chi connectivity index (χ4n) is 1.81. The number of anilines is 1. The molecule has 0 fully saturated rings. The minimum Gasteiger partial charge on any atom is -0.457 e. The molecule has 2 aromatic rings. The zero-order valence-electron chi connectivity index (χ0n) is 12.7. The van der Waals surface area contributed by atoms with E-state index in [1.807, 2.05) is 31.2 Å². The van der Waals surface area contributed by atoms with E-state index in [0.29, 0.717) is 17.2 Å². The molecule has 0 spiro atoms. The molecule has 2 aromatic carbocycles. The van der Waals surface area contributed by atoms with Crippen molar-refractivity contribution in [2.24, 2.45) is 0 Å². The third-order valence-corrected chi connectivity index (χ3v) is 3.79. The molecule has 0 saturated heterocycles. The predicted octanol–water partition coefficient (Wildman–Crippen LogP) is 3.49. The topological polar surface area (TPSA) is 55.4 Å². The lowest BCUT2D eigenvalue weighted by Crippen LogP contribution is -2.14. The zero-order valence-corrected chi connectivity index (χ0v) is 13.5. The second kappa shape index (κ2) is 7.75. The molecular weight excluding hydrogens is 298 g/mol. The maximum atomic E-state index is 11.6. The first-order valence-electron chi connectivity index (χ1n) is 6.97. The van der Waals surface area contributed by atoms with Crippen LogP contribution in [-0.2, 0) is 15.6 Å². The number of amides is 1. The number of hydrogen-bond donors (Lipinski definition) is 1. The Bertz CT molecular complexity index is 651. The molecule has 0 aromatic heterocycles. The fraction of sp³-hybridized carbons (Fsp3) is 0.235. The van der Waals surface area contributed by atoms with Crippen LogP contribution in [0.3, 0.4) is 0 Å². The van der Waals surface area contributed by atoms with Crippen molar-refractivity contribution in [3.63, 3.8) is 0 Å². The van der Waals surface area contributed by atoms with Gasteiger partial charge in [-0.05, 0) is 43.3 Å². The van der Waals surface area contributed by atoms with Crippen molar-refractivity contribution in [2.45, 2.75) is 13.3 Å². The lowest BCUT2D eigenvalue weighted by atomic mass is 10.2. The first-order chi connectivity index (χ1) is 10.5. The molecule has 0 aliphatic carbocycles. The lowest BCUT2D eigenvalue weighted by Gasteiger charge is -2.08. The average Bonchev–Trinajstić information content (AvgIpc) is 2.49. The van der Waals surface area contributed by atoms with Gasteiger partial charge < -0.3 is 10.1 Å². The maximum Gasteiger partial charge on any atom is 0.225 e. The summed E-state index contributed by atoms with van der Waals surface area (Å²) < 4.78 is 16.7. The normalized spacial score (nSPS) is 11.7. The largest absolute Gasteiger partial charge is 0.457 e. The van der Waals surface area contributed by atoms with Crippen LogP contribution < -0.4 is 10.1 Å². The molecule has 0 aliphatic rings. The van der Waals surface area contributed by atoms with Crippen LogP contribution in [0, 0.1) is 6.92 Å². The summed E-state index contributed by atoms with van der Waals surface area (Å²) >= 11 is 0. The standard InChI is InChI=1S/C17H19NO3S/c1-13-3-7-15(8-4-13)21-16-9-5-14(6-10-16)18-17(19)11-12-22(2)20/h3-10H,11-12H2,1-2H3,(H,18,19)/t22-/m0/s1. The molecule has 5 heteroatoms. The van der Waals surface area contributed by atoms with Gasteiger partial charge in [0.25, 0.3) is 0 Å². The average molecular weight is 317 g/mol. The number of ether oxygens (including phenoxy) is 1. The second-order valence-corrected chi connectivity index (χ2v) is 6.57. The Morgan fingerprint density at radius 2 is 1.59 bits per heavy atom. The molecule has 0 radical (unpaired) electrons. The van der Waals surface area contributed by atoms with E-state index in [-0.39, 0.29) is 12.3 Å². The van der Waals surface area contributed by atoms with Gasteiger partial charge in [0.05, 0.1) is 0 Å². The number of rotatable bonds is 6. The Balaban J connectivity index is 1.91. The quantitative estimate of drug-likeness (QED) is 0.887. The minimum absolute atomic E-state index is 0.137. The number of carbonyl (C=O) groups is 1. The molecule has 0 bridgehead atoms. The summed E-state index contributed by atoms with van der Waals surface area (Å²) in [6.45, 7) is 2.02. The van der Waals surface area contributed by atoms with Crippen molar-refractivity contribution in [1.82, 2.24) is 0 Å². The van der Waals surface area contributed by atoms with E-state index in [2.05, 4.69) is 5.32 Å². The highest BCUT2D eigenvalue weighted by Gasteiger charge is 2.04. The van der Waals surface area contributed by atoms with Gasteiger partial charge in [-0.15, -0.1) is 0 Å². The SMILES string of the molecule is Cc1ccc(Oc2ccc(NC(=O)CC[S@](C)=O)cc2)cc1. The van der Waals surface area contributed by atoms with E-state index in [0.717, 1.165) is 5.75 Å². The molecule has 0 saturated carbocycles. The summed E-state index contributed by atoms with van der Waals surface area (Å²) in [6.07, 6.45) is 1.84. The van der Waals surface area contributed by atoms with Gasteiger partial charge in [-0.2, -0.15) is 0 Å². The van der Waals surface area contributed by atoms with Gasteiger partial charge in [-0.1, -0.05) is 17.7 Å². The van der Waals surface area contributed by atoms with Crippen LogP contribution in [0.4, 0.5) is 5.69 Å². The van der Waals surface area contributed by atoms with Gasteiger partial charge in [-0.25, -0.2) is 0 Å². The monoisotopic (exact) mass is 317 g/mol. The third kappa shape index (κ3) is 5.33. The lowest BCUT2D eigenvalue weighted by molar-refractivity contribution is -0.115. The maximum absolute atomic E-state index is 11.6. The van der Waals surface area contributed by atoms with E-state index in [4.69, 9.17) is 4.74 Å². The molecular formula is C17H19NO3S. The van der Waals surface area contributed by atoms with E-state index in [1.165, 1.54) is 5.56 Å². The Kier molecular flexibility index (Phi) is 5.72. The number of hydrogen-bond acceptors (Lipinski definition) is 3. The van der Waals surface area contributed by atoms with Crippen molar-refractivity contribution in [1.29, 1.82) is 0 Å². The zero-order chi connectivity index (χ0) is 15.9. The van der Waals surface area contributed by atoms with E-state index < -0.39 is 10.8 Å². The Labute approximate surface area is 133 Å². The first-order valence-corrected chi connectivity index (χ1v) is 8.70. The molecule has 4 nitrogen and oxygen atoms in total. The summed E-state index contributed by atoms with van der Waals surface area (Å²) in [4.78, 5) is 11.6. The van der Waals surface area contributed by atoms with Crippen LogP contribution in [0.1, 0.15) is 12.0 Å². The van der Waals surface area contributed by atoms with Crippen LogP contribution in [0.25, 0.3) is 0 Å². The van der Waals surface area contributed by atoms with Crippen LogP contribution >= 0.6 is 0 Å².